The monoisotopic (exact) mass is 468 g/mol. The van der Waals surface area contributed by atoms with Gasteiger partial charge >= 0.3 is 5.97 Å². The standard InChI is InChI=1S/C21H17ClN6O3S/c1-30-16-5-3-2-4-14(16)25-21-27-17(26-20(23)28-21)10-31-19(29)15-11-32-18(24-15)12-6-8-13(22)9-7-12/h2-9,11H,10H2,1H3,(H3,23,25,26,27,28). The zero-order chi connectivity index (χ0) is 22.5. The maximum atomic E-state index is 12.4. The van der Waals surface area contributed by atoms with Crippen LogP contribution in [0.1, 0.15) is 16.3 Å². The maximum Gasteiger partial charge on any atom is 0.358 e. The van der Waals surface area contributed by atoms with Gasteiger partial charge in [0.25, 0.3) is 0 Å². The molecule has 0 spiro atoms. The third kappa shape index (κ3) is 5.10. The fraction of sp³-hybridized carbons (Fsp3) is 0.0952. The van der Waals surface area contributed by atoms with Gasteiger partial charge in [-0.2, -0.15) is 15.0 Å². The molecule has 3 N–H and O–H groups in total. The zero-order valence-corrected chi connectivity index (χ0v) is 18.4. The molecule has 4 aromatic rings. The molecule has 0 atom stereocenters. The summed E-state index contributed by atoms with van der Waals surface area (Å²) < 4.78 is 10.6. The number of esters is 1. The van der Waals surface area contributed by atoms with Crippen LogP contribution in [0.3, 0.4) is 0 Å². The molecule has 0 amide bonds. The lowest BCUT2D eigenvalue weighted by Crippen LogP contribution is -2.11. The highest BCUT2D eigenvalue weighted by Gasteiger charge is 2.15. The van der Waals surface area contributed by atoms with Crippen LogP contribution in [0.2, 0.25) is 5.02 Å². The molecule has 162 valence electrons. The van der Waals surface area contributed by atoms with E-state index in [1.54, 1.807) is 36.8 Å². The number of nitrogens with one attached hydrogen (secondary N) is 1. The van der Waals surface area contributed by atoms with E-state index in [0.717, 1.165) is 5.56 Å². The molecule has 2 aromatic heterocycles. The molecule has 2 heterocycles. The topological polar surface area (TPSA) is 125 Å². The molecule has 0 radical (unpaired) electrons. The molecule has 0 saturated carbocycles. The van der Waals surface area contributed by atoms with Gasteiger partial charge in [-0.1, -0.05) is 35.9 Å². The van der Waals surface area contributed by atoms with E-state index in [1.807, 2.05) is 24.3 Å². The Kier molecular flexibility index (Phi) is 6.43. The van der Waals surface area contributed by atoms with Crippen LogP contribution in [-0.4, -0.2) is 33.0 Å². The molecule has 0 aliphatic heterocycles. The fourth-order valence-electron chi connectivity index (χ4n) is 2.72. The van der Waals surface area contributed by atoms with Gasteiger partial charge in [-0.25, -0.2) is 9.78 Å². The number of nitrogen functional groups attached to an aromatic ring is 1. The summed E-state index contributed by atoms with van der Waals surface area (Å²) in [4.78, 5) is 29.1. The number of anilines is 3. The summed E-state index contributed by atoms with van der Waals surface area (Å²) in [5.41, 5.74) is 7.49. The summed E-state index contributed by atoms with van der Waals surface area (Å²) in [5.74, 6) is 0.393. The van der Waals surface area contributed by atoms with Crippen LogP contribution in [0.4, 0.5) is 17.6 Å². The highest BCUT2D eigenvalue weighted by molar-refractivity contribution is 7.13. The molecule has 0 aliphatic carbocycles. The highest BCUT2D eigenvalue weighted by atomic mass is 35.5. The molecule has 0 bridgehead atoms. The average molecular weight is 469 g/mol. The number of halogens is 1. The van der Waals surface area contributed by atoms with Crippen molar-refractivity contribution in [1.29, 1.82) is 0 Å². The molecule has 11 heteroatoms. The van der Waals surface area contributed by atoms with Crippen molar-refractivity contribution in [3.05, 3.63) is 70.5 Å². The van der Waals surface area contributed by atoms with Crippen molar-refractivity contribution < 1.29 is 14.3 Å². The Hall–Kier alpha value is -3.76. The Morgan fingerprint density at radius 2 is 1.88 bits per heavy atom. The number of ether oxygens (including phenoxy) is 2. The fourth-order valence-corrected chi connectivity index (χ4v) is 3.64. The quantitative estimate of drug-likeness (QED) is 0.381. The summed E-state index contributed by atoms with van der Waals surface area (Å²) in [5, 5.41) is 5.96. The summed E-state index contributed by atoms with van der Waals surface area (Å²) in [6.45, 7) is -0.194. The van der Waals surface area contributed by atoms with Crippen molar-refractivity contribution in [2.75, 3.05) is 18.2 Å². The first kappa shape index (κ1) is 21.5. The number of carbonyl (C=O) groups is 1. The lowest BCUT2D eigenvalue weighted by atomic mass is 10.2. The number of hydrogen-bond donors (Lipinski definition) is 2. The first-order valence-corrected chi connectivity index (χ1v) is 10.6. The van der Waals surface area contributed by atoms with Crippen LogP contribution in [0.25, 0.3) is 10.6 Å². The minimum atomic E-state index is -0.598. The van der Waals surface area contributed by atoms with Gasteiger partial charge in [0.2, 0.25) is 11.9 Å². The summed E-state index contributed by atoms with van der Waals surface area (Å²) in [6, 6.07) is 14.5. The number of hydrogen-bond acceptors (Lipinski definition) is 10. The molecule has 4 rings (SSSR count). The molecular formula is C21H17ClN6O3S. The second-order valence-corrected chi connectivity index (χ2v) is 7.67. The number of aromatic nitrogens is 4. The number of nitrogens with zero attached hydrogens (tertiary/aromatic N) is 4. The first-order chi connectivity index (χ1) is 15.5. The summed E-state index contributed by atoms with van der Waals surface area (Å²) in [6.07, 6.45) is 0. The van der Waals surface area contributed by atoms with E-state index in [0.29, 0.717) is 21.5 Å². The number of nitrogens with two attached hydrogens (primary N) is 1. The van der Waals surface area contributed by atoms with E-state index in [9.17, 15) is 4.79 Å². The Morgan fingerprint density at radius 3 is 2.66 bits per heavy atom. The van der Waals surface area contributed by atoms with Crippen molar-refractivity contribution in [2.45, 2.75) is 6.61 Å². The molecule has 32 heavy (non-hydrogen) atoms. The van der Waals surface area contributed by atoms with Gasteiger partial charge in [-0.3, -0.25) is 0 Å². The van der Waals surface area contributed by atoms with Crippen LogP contribution in [0, 0.1) is 0 Å². The van der Waals surface area contributed by atoms with Crippen molar-refractivity contribution in [1.82, 2.24) is 19.9 Å². The molecule has 0 unspecified atom stereocenters. The Labute approximate surface area is 192 Å². The molecule has 2 aromatic carbocycles. The Morgan fingerprint density at radius 1 is 1.09 bits per heavy atom. The number of thiazole rings is 1. The third-order valence-electron chi connectivity index (χ3n) is 4.19. The number of methoxy groups -OCH3 is 1. The predicted octanol–water partition coefficient (Wildman–Crippen LogP) is 4.34. The van der Waals surface area contributed by atoms with Gasteiger partial charge in [0.1, 0.15) is 10.8 Å². The lowest BCUT2D eigenvalue weighted by molar-refractivity contribution is 0.0456. The van der Waals surface area contributed by atoms with E-state index in [4.69, 9.17) is 26.8 Å². The second-order valence-electron chi connectivity index (χ2n) is 6.38. The molecule has 0 saturated heterocycles. The Bertz CT molecular complexity index is 1250. The highest BCUT2D eigenvalue weighted by Crippen LogP contribution is 2.27. The van der Waals surface area contributed by atoms with Crippen molar-refractivity contribution >= 4 is 46.5 Å². The number of benzene rings is 2. The van der Waals surface area contributed by atoms with Crippen molar-refractivity contribution in [2.24, 2.45) is 0 Å². The largest absolute Gasteiger partial charge is 0.495 e. The third-order valence-corrected chi connectivity index (χ3v) is 5.33. The minimum Gasteiger partial charge on any atom is -0.495 e. The SMILES string of the molecule is COc1ccccc1Nc1nc(N)nc(COC(=O)c2csc(-c3ccc(Cl)cc3)n2)n1. The van der Waals surface area contributed by atoms with E-state index >= 15 is 0 Å². The van der Waals surface area contributed by atoms with Gasteiger partial charge in [0.05, 0.1) is 12.8 Å². The molecule has 0 aliphatic rings. The van der Waals surface area contributed by atoms with Crippen LogP contribution < -0.4 is 15.8 Å². The van der Waals surface area contributed by atoms with Crippen molar-refractivity contribution in [3.8, 4) is 16.3 Å². The summed E-state index contributed by atoms with van der Waals surface area (Å²) in [7, 11) is 1.56. The van der Waals surface area contributed by atoms with E-state index < -0.39 is 5.97 Å². The van der Waals surface area contributed by atoms with Crippen LogP contribution in [0.5, 0.6) is 5.75 Å². The van der Waals surface area contributed by atoms with Gasteiger partial charge in [0.15, 0.2) is 18.1 Å². The Balaban J connectivity index is 1.43. The normalized spacial score (nSPS) is 10.6. The van der Waals surface area contributed by atoms with E-state index in [2.05, 4.69) is 25.3 Å². The zero-order valence-electron chi connectivity index (χ0n) is 16.8. The van der Waals surface area contributed by atoms with Gasteiger partial charge < -0.3 is 20.5 Å². The lowest BCUT2D eigenvalue weighted by Gasteiger charge is -2.10. The van der Waals surface area contributed by atoms with Crippen LogP contribution in [0.15, 0.2) is 53.9 Å². The summed E-state index contributed by atoms with van der Waals surface area (Å²) >= 11 is 7.24. The van der Waals surface area contributed by atoms with Crippen LogP contribution >= 0.6 is 22.9 Å². The number of para-hydroxylation sites is 2. The first-order valence-electron chi connectivity index (χ1n) is 9.31. The molecular weight excluding hydrogens is 452 g/mol. The average Bonchev–Trinajstić information content (AvgIpc) is 3.28. The van der Waals surface area contributed by atoms with Gasteiger partial charge in [0, 0.05) is 16.0 Å². The van der Waals surface area contributed by atoms with Gasteiger partial charge in [-0.05, 0) is 24.3 Å². The number of rotatable bonds is 7. The van der Waals surface area contributed by atoms with Crippen LogP contribution in [-0.2, 0) is 11.3 Å². The predicted molar refractivity (Wildman–Crippen MR) is 122 cm³/mol. The maximum absolute atomic E-state index is 12.4. The number of carbonyl (C=O) groups excluding carboxylic acids is 1. The molecule has 0 fully saturated rings. The second kappa shape index (κ2) is 9.58. The van der Waals surface area contributed by atoms with Crippen molar-refractivity contribution in [3.63, 3.8) is 0 Å². The van der Waals surface area contributed by atoms with E-state index in [1.165, 1.54) is 11.3 Å². The van der Waals surface area contributed by atoms with E-state index in [-0.39, 0.29) is 30.0 Å². The van der Waals surface area contributed by atoms with Gasteiger partial charge in [-0.15, -0.1) is 11.3 Å². The molecule has 9 nitrogen and oxygen atoms in total. The minimum absolute atomic E-state index is 0.0119. The smallest absolute Gasteiger partial charge is 0.358 e.